The van der Waals surface area contributed by atoms with Gasteiger partial charge in [0.05, 0.1) is 0 Å². The van der Waals surface area contributed by atoms with E-state index in [4.69, 9.17) is 0 Å². The van der Waals surface area contributed by atoms with Gasteiger partial charge in [0.25, 0.3) is 0 Å². The first kappa shape index (κ1) is 16.1. The first-order chi connectivity index (χ1) is 9.43. The van der Waals surface area contributed by atoms with Crippen LogP contribution in [0.5, 0.6) is 0 Å². The van der Waals surface area contributed by atoms with Gasteiger partial charge in [0, 0.05) is 31.6 Å². The number of hydrogen-bond donors (Lipinski definition) is 1. The molecule has 0 aliphatic rings. The lowest BCUT2D eigenvalue weighted by atomic mass is 10.2. The lowest BCUT2D eigenvalue weighted by molar-refractivity contribution is -0.131. The number of rotatable bonds is 6. The molecule has 1 N–H and O–H groups in total. The number of carbonyl (C=O) groups excluding carboxylic acids is 2. The normalized spacial score (nSPS) is 11.8. The molecule has 0 radical (unpaired) electrons. The molecule has 1 aromatic carbocycles. The molecule has 0 heterocycles. The van der Waals surface area contributed by atoms with Crippen molar-refractivity contribution in [2.24, 2.45) is 0 Å². The monoisotopic (exact) mass is 280 g/mol. The predicted octanol–water partition coefficient (Wildman–Crippen LogP) is 2.80. The second-order valence-electron chi connectivity index (χ2n) is 4.78. The molecule has 1 aromatic rings. The van der Waals surface area contributed by atoms with E-state index < -0.39 is 5.82 Å². The van der Waals surface area contributed by atoms with Gasteiger partial charge in [-0.2, -0.15) is 0 Å². The first-order valence-corrected chi connectivity index (χ1v) is 6.76. The van der Waals surface area contributed by atoms with Crippen LogP contribution in [0.4, 0.5) is 10.1 Å². The van der Waals surface area contributed by atoms with Gasteiger partial charge in [-0.3, -0.25) is 9.59 Å². The molecular formula is C15H21FN2O2. The van der Waals surface area contributed by atoms with E-state index in [1.165, 1.54) is 25.1 Å². The molecule has 110 valence electrons. The Balaban J connectivity index is 2.52. The number of benzene rings is 1. The summed E-state index contributed by atoms with van der Waals surface area (Å²) in [6.07, 6.45) is 1.03. The van der Waals surface area contributed by atoms with Crippen molar-refractivity contribution in [3.8, 4) is 0 Å². The van der Waals surface area contributed by atoms with Gasteiger partial charge in [-0.15, -0.1) is 0 Å². The summed E-state index contributed by atoms with van der Waals surface area (Å²) < 4.78 is 13.0. The second-order valence-corrected chi connectivity index (χ2v) is 4.78. The fourth-order valence-corrected chi connectivity index (χ4v) is 1.92. The third kappa shape index (κ3) is 4.99. The van der Waals surface area contributed by atoms with E-state index in [0.29, 0.717) is 12.2 Å². The summed E-state index contributed by atoms with van der Waals surface area (Å²) >= 11 is 0. The average Bonchev–Trinajstić information content (AvgIpc) is 2.38. The molecule has 0 spiro atoms. The van der Waals surface area contributed by atoms with Gasteiger partial charge in [-0.25, -0.2) is 4.39 Å². The van der Waals surface area contributed by atoms with Crippen LogP contribution >= 0.6 is 0 Å². The minimum atomic E-state index is -0.396. The van der Waals surface area contributed by atoms with Crippen molar-refractivity contribution in [1.29, 1.82) is 0 Å². The molecule has 2 amide bonds. The van der Waals surface area contributed by atoms with Crippen molar-refractivity contribution in [3.63, 3.8) is 0 Å². The van der Waals surface area contributed by atoms with Gasteiger partial charge in [0.2, 0.25) is 11.8 Å². The largest absolute Gasteiger partial charge is 0.340 e. The van der Waals surface area contributed by atoms with Crippen LogP contribution in [0.1, 0.15) is 33.6 Å². The summed E-state index contributed by atoms with van der Waals surface area (Å²) in [5.41, 5.74) is 0.424. The standard InChI is InChI=1S/C15H21FN2O2/c1-4-11(2)18(12(3)19)9-8-15(20)17-14-7-5-6-13(16)10-14/h5-7,10-11H,4,8-9H2,1-3H3,(H,17,20). The zero-order valence-electron chi connectivity index (χ0n) is 12.1. The molecule has 4 nitrogen and oxygen atoms in total. The van der Waals surface area contributed by atoms with Crippen molar-refractivity contribution in [3.05, 3.63) is 30.1 Å². The molecule has 0 aromatic heterocycles. The molecule has 0 aliphatic carbocycles. The highest BCUT2D eigenvalue weighted by Gasteiger charge is 2.16. The lowest BCUT2D eigenvalue weighted by Crippen LogP contribution is -2.38. The summed E-state index contributed by atoms with van der Waals surface area (Å²) in [4.78, 5) is 25.0. The highest BCUT2D eigenvalue weighted by molar-refractivity contribution is 5.91. The average molecular weight is 280 g/mol. The fraction of sp³-hybridized carbons (Fsp3) is 0.467. The Hall–Kier alpha value is -1.91. The predicted molar refractivity (Wildman–Crippen MR) is 76.8 cm³/mol. The van der Waals surface area contributed by atoms with E-state index in [1.54, 1.807) is 11.0 Å². The van der Waals surface area contributed by atoms with Gasteiger partial charge in [-0.05, 0) is 31.5 Å². The Morgan fingerprint density at radius 1 is 1.40 bits per heavy atom. The highest BCUT2D eigenvalue weighted by atomic mass is 19.1. The van der Waals surface area contributed by atoms with Crippen LogP contribution in [0, 0.1) is 5.82 Å². The highest BCUT2D eigenvalue weighted by Crippen LogP contribution is 2.10. The molecule has 0 saturated carbocycles. The summed E-state index contributed by atoms with van der Waals surface area (Å²) in [6, 6.07) is 5.84. The molecule has 1 atom stereocenters. The van der Waals surface area contributed by atoms with Crippen molar-refractivity contribution < 1.29 is 14.0 Å². The summed E-state index contributed by atoms with van der Waals surface area (Å²) in [7, 11) is 0. The number of anilines is 1. The smallest absolute Gasteiger partial charge is 0.226 e. The van der Waals surface area contributed by atoms with Gasteiger partial charge >= 0.3 is 0 Å². The minimum absolute atomic E-state index is 0.0436. The topological polar surface area (TPSA) is 49.4 Å². The van der Waals surface area contributed by atoms with Crippen LogP contribution in [0.25, 0.3) is 0 Å². The Labute approximate surface area is 119 Å². The molecular weight excluding hydrogens is 259 g/mol. The summed E-state index contributed by atoms with van der Waals surface area (Å²) in [6.45, 7) is 5.81. The zero-order chi connectivity index (χ0) is 15.1. The molecule has 20 heavy (non-hydrogen) atoms. The molecule has 0 aliphatic heterocycles. The number of nitrogens with one attached hydrogen (secondary N) is 1. The Kier molecular flexibility index (Phi) is 6.15. The van der Waals surface area contributed by atoms with Crippen LogP contribution in [-0.4, -0.2) is 29.3 Å². The Bertz CT molecular complexity index is 477. The zero-order valence-corrected chi connectivity index (χ0v) is 12.1. The van der Waals surface area contributed by atoms with E-state index in [9.17, 15) is 14.0 Å². The molecule has 1 rings (SSSR count). The maximum Gasteiger partial charge on any atom is 0.226 e. The number of amides is 2. The van der Waals surface area contributed by atoms with E-state index in [2.05, 4.69) is 5.32 Å². The quantitative estimate of drug-likeness (QED) is 0.871. The van der Waals surface area contributed by atoms with Crippen LogP contribution in [-0.2, 0) is 9.59 Å². The Morgan fingerprint density at radius 3 is 2.65 bits per heavy atom. The summed E-state index contributed by atoms with van der Waals surface area (Å²) in [5, 5.41) is 2.62. The van der Waals surface area contributed by atoms with Crippen molar-refractivity contribution in [1.82, 2.24) is 4.90 Å². The molecule has 0 bridgehead atoms. The van der Waals surface area contributed by atoms with Crippen LogP contribution < -0.4 is 5.32 Å². The van der Waals surface area contributed by atoms with E-state index in [1.807, 2.05) is 13.8 Å². The third-order valence-electron chi connectivity index (χ3n) is 3.22. The maximum absolute atomic E-state index is 13.0. The van der Waals surface area contributed by atoms with Crippen molar-refractivity contribution >= 4 is 17.5 Å². The number of hydrogen-bond acceptors (Lipinski definition) is 2. The maximum atomic E-state index is 13.0. The van der Waals surface area contributed by atoms with Gasteiger partial charge in [-0.1, -0.05) is 13.0 Å². The minimum Gasteiger partial charge on any atom is -0.340 e. The number of nitrogens with zero attached hydrogens (tertiary/aromatic N) is 1. The van der Waals surface area contributed by atoms with Gasteiger partial charge < -0.3 is 10.2 Å². The van der Waals surface area contributed by atoms with E-state index >= 15 is 0 Å². The van der Waals surface area contributed by atoms with E-state index in [-0.39, 0.29) is 24.3 Å². The van der Waals surface area contributed by atoms with Crippen LogP contribution in [0.15, 0.2) is 24.3 Å². The van der Waals surface area contributed by atoms with Crippen LogP contribution in [0.2, 0.25) is 0 Å². The number of carbonyl (C=O) groups is 2. The fourth-order valence-electron chi connectivity index (χ4n) is 1.92. The number of halogens is 1. The lowest BCUT2D eigenvalue weighted by Gasteiger charge is -2.27. The molecule has 0 saturated heterocycles. The first-order valence-electron chi connectivity index (χ1n) is 6.76. The van der Waals surface area contributed by atoms with Crippen molar-refractivity contribution in [2.45, 2.75) is 39.7 Å². The Morgan fingerprint density at radius 2 is 2.10 bits per heavy atom. The molecule has 0 fully saturated rings. The second kappa shape index (κ2) is 7.62. The van der Waals surface area contributed by atoms with E-state index in [0.717, 1.165) is 6.42 Å². The molecule has 1 unspecified atom stereocenters. The van der Waals surface area contributed by atoms with Gasteiger partial charge in [0.1, 0.15) is 5.82 Å². The van der Waals surface area contributed by atoms with Gasteiger partial charge in [0.15, 0.2) is 0 Å². The SMILES string of the molecule is CCC(C)N(CCC(=O)Nc1cccc(F)c1)C(C)=O. The summed E-state index contributed by atoms with van der Waals surface area (Å²) in [5.74, 6) is -0.671. The molecule has 5 heteroatoms. The third-order valence-corrected chi connectivity index (χ3v) is 3.22. The van der Waals surface area contributed by atoms with Crippen molar-refractivity contribution in [2.75, 3.05) is 11.9 Å². The van der Waals surface area contributed by atoms with Crippen LogP contribution in [0.3, 0.4) is 0 Å².